The van der Waals surface area contributed by atoms with Gasteiger partial charge in [-0.3, -0.25) is 0 Å². The summed E-state index contributed by atoms with van der Waals surface area (Å²) in [7, 11) is 0. The molecule has 4 N–H and O–H groups in total. The van der Waals surface area contributed by atoms with Gasteiger partial charge < -0.3 is 11.5 Å². The van der Waals surface area contributed by atoms with Crippen LogP contribution < -0.4 is 11.5 Å². The Morgan fingerprint density at radius 1 is 0.882 bits per heavy atom. The fraction of sp³-hybridized carbons (Fsp3) is 0. The van der Waals surface area contributed by atoms with Gasteiger partial charge in [-0.1, -0.05) is 41.0 Å². The average molecular weight is 285 g/mol. The minimum absolute atomic E-state index is 0.548. The van der Waals surface area contributed by atoms with Crippen molar-refractivity contribution in [3.8, 4) is 0 Å². The van der Waals surface area contributed by atoms with Gasteiger partial charge in [0.2, 0.25) is 0 Å². The largest absolute Gasteiger partial charge is 0.398 e. The van der Waals surface area contributed by atoms with Crippen molar-refractivity contribution in [3.05, 3.63) is 46.4 Å². The van der Waals surface area contributed by atoms with Crippen LogP contribution in [0, 0.1) is 0 Å². The van der Waals surface area contributed by atoms with Crippen LogP contribution in [0.2, 0.25) is 10.0 Å². The molecule has 5 heteroatoms. The second-order valence-electron chi connectivity index (χ2n) is 3.44. The summed E-state index contributed by atoms with van der Waals surface area (Å²) < 4.78 is 0. The minimum atomic E-state index is 0.548. The SMILES string of the molecule is Nc1cc(Cl)ccc1Sc1cccc(N)c1Cl. The topological polar surface area (TPSA) is 52.0 Å². The Morgan fingerprint density at radius 2 is 1.65 bits per heavy atom. The highest BCUT2D eigenvalue weighted by Crippen LogP contribution is 2.39. The predicted octanol–water partition coefficient (Wildman–Crippen LogP) is 4.31. The van der Waals surface area contributed by atoms with E-state index in [1.54, 1.807) is 18.2 Å². The number of rotatable bonds is 2. The molecule has 0 radical (unpaired) electrons. The molecule has 2 aromatic rings. The van der Waals surface area contributed by atoms with Gasteiger partial charge in [0.15, 0.2) is 0 Å². The van der Waals surface area contributed by atoms with Crippen molar-refractivity contribution < 1.29 is 0 Å². The van der Waals surface area contributed by atoms with Gasteiger partial charge in [0, 0.05) is 20.5 Å². The van der Waals surface area contributed by atoms with Gasteiger partial charge >= 0.3 is 0 Å². The van der Waals surface area contributed by atoms with Crippen LogP contribution in [-0.2, 0) is 0 Å². The molecule has 0 aliphatic carbocycles. The maximum Gasteiger partial charge on any atom is 0.0774 e. The van der Waals surface area contributed by atoms with Crippen molar-refractivity contribution in [2.75, 3.05) is 11.5 Å². The summed E-state index contributed by atoms with van der Waals surface area (Å²) in [6, 6.07) is 10.9. The van der Waals surface area contributed by atoms with E-state index in [0.717, 1.165) is 9.79 Å². The quantitative estimate of drug-likeness (QED) is 0.808. The highest BCUT2D eigenvalue weighted by molar-refractivity contribution is 7.99. The lowest BCUT2D eigenvalue weighted by atomic mass is 10.3. The van der Waals surface area contributed by atoms with Crippen LogP contribution in [0.15, 0.2) is 46.2 Å². The number of nitrogen functional groups attached to an aromatic ring is 2. The first-order valence-electron chi connectivity index (χ1n) is 4.85. The van der Waals surface area contributed by atoms with E-state index in [-0.39, 0.29) is 0 Å². The van der Waals surface area contributed by atoms with Gasteiger partial charge in [-0.05, 0) is 30.3 Å². The average Bonchev–Trinajstić information content (AvgIpc) is 2.28. The van der Waals surface area contributed by atoms with E-state index >= 15 is 0 Å². The molecule has 0 amide bonds. The molecule has 0 saturated heterocycles. The van der Waals surface area contributed by atoms with Gasteiger partial charge in [-0.25, -0.2) is 0 Å². The Hall–Kier alpha value is -1.03. The molecular formula is C12H10Cl2N2S. The van der Waals surface area contributed by atoms with Crippen LogP contribution in [0.25, 0.3) is 0 Å². The second kappa shape index (κ2) is 5.08. The second-order valence-corrected chi connectivity index (χ2v) is 5.34. The summed E-state index contributed by atoms with van der Waals surface area (Å²) >= 11 is 13.4. The van der Waals surface area contributed by atoms with Gasteiger partial charge in [0.1, 0.15) is 0 Å². The Bertz CT molecular complexity index is 558. The molecule has 2 nitrogen and oxygen atoms in total. The van der Waals surface area contributed by atoms with Crippen LogP contribution in [0.5, 0.6) is 0 Å². The van der Waals surface area contributed by atoms with E-state index in [4.69, 9.17) is 34.7 Å². The molecule has 17 heavy (non-hydrogen) atoms. The molecule has 0 aliphatic rings. The van der Waals surface area contributed by atoms with E-state index in [1.165, 1.54) is 11.8 Å². The summed E-state index contributed by atoms with van der Waals surface area (Å²) in [6.07, 6.45) is 0. The monoisotopic (exact) mass is 284 g/mol. The third kappa shape index (κ3) is 2.80. The van der Waals surface area contributed by atoms with E-state index in [2.05, 4.69) is 0 Å². The van der Waals surface area contributed by atoms with Crippen molar-refractivity contribution in [1.29, 1.82) is 0 Å². The van der Waals surface area contributed by atoms with Crippen LogP contribution in [0.1, 0.15) is 0 Å². The standard InChI is InChI=1S/C12H10Cl2N2S/c13-7-4-5-10(9(16)6-7)17-11-3-1-2-8(15)12(11)14/h1-6H,15-16H2. The van der Waals surface area contributed by atoms with Crippen molar-refractivity contribution in [1.82, 2.24) is 0 Å². The normalized spacial score (nSPS) is 10.5. The van der Waals surface area contributed by atoms with Crippen LogP contribution in [0.3, 0.4) is 0 Å². The number of hydrogen-bond acceptors (Lipinski definition) is 3. The number of nitrogens with two attached hydrogens (primary N) is 2. The Balaban J connectivity index is 2.35. The molecule has 0 unspecified atom stereocenters. The zero-order chi connectivity index (χ0) is 12.4. The summed E-state index contributed by atoms with van der Waals surface area (Å²) in [4.78, 5) is 1.78. The van der Waals surface area contributed by atoms with Gasteiger partial charge in [0.05, 0.1) is 10.7 Å². The molecule has 0 atom stereocenters. The molecular weight excluding hydrogens is 275 g/mol. The fourth-order valence-corrected chi connectivity index (χ4v) is 2.66. The number of anilines is 2. The van der Waals surface area contributed by atoms with Gasteiger partial charge in [-0.15, -0.1) is 0 Å². The van der Waals surface area contributed by atoms with Crippen molar-refractivity contribution in [2.24, 2.45) is 0 Å². The molecule has 0 spiro atoms. The zero-order valence-electron chi connectivity index (χ0n) is 8.78. The number of hydrogen-bond donors (Lipinski definition) is 2. The first-order chi connectivity index (χ1) is 8.08. The Labute approximate surface area is 114 Å². The lowest BCUT2D eigenvalue weighted by molar-refractivity contribution is 1.41. The van der Waals surface area contributed by atoms with E-state index < -0.39 is 0 Å². The number of halogens is 2. The van der Waals surface area contributed by atoms with Crippen LogP contribution >= 0.6 is 35.0 Å². The van der Waals surface area contributed by atoms with Crippen LogP contribution in [0.4, 0.5) is 11.4 Å². The van der Waals surface area contributed by atoms with E-state index in [9.17, 15) is 0 Å². The van der Waals surface area contributed by atoms with E-state index in [1.807, 2.05) is 18.2 Å². The van der Waals surface area contributed by atoms with Crippen molar-refractivity contribution in [3.63, 3.8) is 0 Å². The van der Waals surface area contributed by atoms with Crippen molar-refractivity contribution in [2.45, 2.75) is 9.79 Å². The molecule has 0 saturated carbocycles. The highest BCUT2D eigenvalue weighted by Gasteiger charge is 2.07. The first kappa shape index (κ1) is 12.4. The summed E-state index contributed by atoms with van der Waals surface area (Å²) in [5.41, 5.74) is 12.8. The fourth-order valence-electron chi connectivity index (χ4n) is 1.34. The molecule has 2 aromatic carbocycles. The Kier molecular flexibility index (Phi) is 3.72. The first-order valence-corrected chi connectivity index (χ1v) is 6.42. The lowest BCUT2D eigenvalue weighted by Gasteiger charge is -2.08. The molecule has 88 valence electrons. The third-order valence-corrected chi connectivity index (χ3v) is 4.11. The van der Waals surface area contributed by atoms with E-state index in [0.29, 0.717) is 21.4 Å². The van der Waals surface area contributed by atoms with Crippen molar-refractivity contribution >= 4 is 46.3 Å². The molecule has 0 aliphatic heterocycles. The predicted molar refractivity (Wildman–Crippen MR) is 75.9 cm³/mol. The molecule has 0 bridgehead atoms. The summed E-state index contributed by atoms with van der Waals surface area (Å²) in [5, 5.41) is 1.16. The van der Waals surface area contributed by atoms with Gasteiger partial charge in [-0.2, -0.15) is 0 Å². The summed E-state index contributed by atoms with van der Waals surface area (Å²) in [5.74, 6) is 0. The Morgan fingerprint density at radius 3 is 2.35 bits per heavy atom. The number of benzene rings is 2. The maximum atomic E-state index is 6.11. The molecule has 2 rings (SSSR count). The highest BCUT2D eigenvalue weighted by atomic mass is 35.5. The third-order valence-electron chi connectivity index (χ3n) is 2.18. The zero-order valence-corrected chi connectivity index (χ0v) is 11.1. The molecule has 0 heterocycles. The smallest absolute Gasteiger partial charge is 0.0774 e. The molecule has 0 aromatic heterocycles. The van der Waals surface area contributed by atoms with Gasteiger partial charge in [0.25, 0.3) is 0 Å². The maximum absolute atomic E-state index is 6.11. The minimum Gasteiger partial charge on any atom is -0.398 e. The van der Waals surface area contributed by atoms with Crippen LogP contribution in [-0.4, -0.2) is 0 Å². The molecule has 0 fully saturated rings. The summed E-state index contributed by atoms with van der Waals surface area (Å²) in [6.45, 7) is 0. The lowest BCUT2D eigenvalue weighted by Crippen LogP contribution is -1.90.